The van der Waals surface area contributed by atoms with E-state index in [9.17, 15) is 13.6 Å². The van der Waals surface area contributed by atoms with Gasteiger partial charge in [-0.25, -0.2) is 8.78 Å². The molecule has 2 aromatic rings. The lowest BCUT2D eigenvalue weighted by Crippen LogP contribution is -1.92. The van der Waals surface area contributed by atoms with Crippen LogP contribution in [0.25, 0.3) is 0 Å². The molecule has 0 atom stereocenters. The van der Waals surface area contributed by atoms with Crippen molar-refractivity contribution in [2.75, 3.05) is 0 Å². The van der Waals surface area contributed by atoms with Crippen molar-refractivity contribution in [3.05, 3.63) is 59.7 Å². The van der Waals surface area contributed by atoms with Crippen LogP contribution >= 0.6 is 0 Å². The molecule has 0 heterocycles. The maximum Gasteiger partial charge on any atom is 0.168 e. The predicted molar refractivity (Wildman–Crippen MR) is 58.3 cm³/mol. The first-order valence-corrected chi connectivity index (χ1v) is 4.88. The lowest BCUT2D eigenvalue weighted by atomic mass is 10.2. The summed E-state index contributed by atoms with van der Waals surface area (Å²) in [5.74, 6) is -1.39. The van der Waals surface area contributed by atoms with Gasteiger partial charge in [0.15, 0.2) is 17.9 Å². The Morgan fingerprint density at radius 2 is 1.76 bits per heavy atom. The van der Waals surface area contributed by atoms with E-state index in [1.807, 2.05) is 0 Å². The summed E-state index contributed by atoms with van der Waals surface area (Å²) in [6.07, 6.45) is 0.608. The van der Waals surface area contributed by atoms with Crippen LogP contribution in [0.4, 0.5) is 8.78 Å². The second-order valence-electron chi connectivity index (χ2n) is 3.33. The number of hydrogen-bond donors (Lipinski definition) is 0. The van der Waals surface area contributed by atoms with Gasteiger partial charge >= 0.3 is 0 Å². The number of aldehydes is 1. The molecule has 0 aliphatic rings. The molecule has 2 nitrogen and oxygen atoms in total. The molecule has 0 fully saturated rings. The summed E-state index contributed by atoms with van der Waals surface area (Å²) in [5, 5.41) is 0. The number of para-hydroxylation sites is 1. The van der Waals surface area contributed by atoms with Crippen molar-refractivity contribution in [3.63, 3.8) is 0 Å². The first kappa shape index (κ1) is 11.3. The van der Waals surface area contributed by atoms with Crippen LogP contribution in [0.2, 0.25) is 0 Å². The fraction of sp³-hybridized carbons (Fsp3) is 0. The third kappa shape index (κ3) is 2.47. The molecule has 0 radical (unpaired) electrons. The van der Waals surface area contributed by atoms with Crippen molar-refractivity contribution >= 4 is 6.29 Å². The Morgan fingerprint density at radius 3 is 2.47 bits per heavy atom. The highest BCUT2D eigenvalue weighted by Crippen LogP contribution is 2.26. The minimum Gasteiger partial charge on any atom is -0.454 e. The number of benzene rings is 2. The molecule has 0 N–H and O–H groups in total. The molecule has 0 bridgehead atoms. The van der Waals surface area contributed by atoms with Gasteiger partial charge in [-0.05, 0) is 24.3 Å². The molecular weight excluding hydrogens is 226 g/mol. The Morgan fingerprint density at radius 1 is 1.00 bits per heavy atom. The van der Waals surface area contributed by atoms with Gasteiger partial charge in [-0.3, -0.25) is 4.79 Å². The van der Waals surface area contributed by atoms with Gasteiger partial charge in [-0.15, -0.1) is 0 Å². The third-order valence-electron chi connectivity index (χ3n) is 2.16. The number of hydrogen-bond acceptors (Lipinski definition) is 2. The number of ether oxygens (including phenoxy) is 1. The lowest BCUT2D eigenvalue weighted by molar-refractivity contribution is 0.112. The fourth-order valence-electron chi connectivity index (χ4n) is 1.35. The molecule has 0 unspecified atom stereocenters. The zero-order valence-electron chi connectivity index (χ0n) is 8.69. The number of carbonyl (C=O) groups is 1. The van der Waals surface area contributed by atoms with Gasteiger partial charge in [0.05, 0.1) is 5.56 Å². The molecule has 0 aliphatic carbocycles. The summed E-state index contributed by atoms with van der Waals surface area (Å²) in [6, 6.07) is 9.38. The van der Waals surface area contributed by atoms with Crippen molar-refractivity contribution in [2.45, 2.75) is 0 Å². The lowest BCUT2D eigenvalue weighted by Gasteiger charge is -2.08. The zero-order chi connectivity index (χ0) is 12.3. The van der Waals surface area contributed by atoms with Crippen LogP contribution in [0, 0.1) is 11.6 Å². The third-order valence-corrected chi connectivity index (χ3v) is 2.16. The van der Waals surface area contributed by atoms with E-state index in [1.165, 1.54) is 12.1 Å². The first-order valence-electron chi connectivity index (χ1n) is 4.88. The maximum absolute atomic E-state index is 13.3. The summed E-state index contributed by atoms with van der Waals surface area (Å²) in [7, 11) is 0. The van der Waals surface area contributed by atoms with Gasteiger partial charge in [0.25, 0.3) is 0 Å². The largest absolute Gasteiger partial charge is 0.454 e. The number of halogens is 2. The van der Waals surface area contributed by atoms with E-state index in [1.54, 1.807) is 18.2 Å². The number of carbonyl (C=O) groups excluding carboxylic acids is 1. The summed E-state index contributed by atoms with van der Waals surface area (Å²) in [6.45, 7) is 0. The molecule has 17 heavy (non-hydrogen) atoms. The highest BCUT2D eigenvalue weighted by molar-refractivity contribution is 5.79. The van der Waals surface area contributed by atoms with Crippen LogP contribution in [0.5, 0.6) is 11.5 Å². The quantitative estimate of drug-likeness (QED) is 0.759. The molecule has 0 saturated carbocycles. The van der Waals surface area contributed by atoms with Crippen LogP contribution in [0.15, 0.2) is 42.5 Å². The highest BCUT2D eigenvalue weighted by Gasteiger charge is 2.08. The Balaban J connectivity index is 2.34. The van der Waals surface area contributed by atoms with Crippen LogP contribution in [0.1, 0.15) is 10.4 Å². The van der Waals surface area contributed by atoms with Crippen LogP contribution < -0.4 is 4.74 Å². The molecule has 2 rings (SSSR count). The van der Waals surface area contributed by atoms with Gasteiger partial charge in [0, 0.05) is 6.07 Å². The van der Waals surface area contributed by atoms with Crippen molar-refractivity contribution in [3.8, 4) is 11.5 Å². The summed E-state index contributed by atoms with van der Waals surface area (Å²) in [5.41, 5.74) is 0.302. The Bertz CT molecular complexity index is 553. The summed E-state index contributed by atoms with van der Waals surface area (Å²) < 4.78 is 31.2. The number of rotatable bonds is 3. The summed E-state index contributed by atoms with van der Waals surface area (Å²) >= 11 is 0. The molecule has 0 amide bonds. The van der Waals surface area contributed by atoms with Crippen molar-refractivity contribution in [1.29, 1.82) is 0 Å². The normalized spacial score (nSPS) is 10.0. The second kappa shape index (κ2) is 4.74. The van der Waals surface area contributed by atoms with Gasteiger partial charge < -0.3 is 4.74 Å². The van der Waals surface area contributed by atoms with E-state index < -0.39 is 11.6 Å². The monoisotopic (exact) mass is 234 g/mol. The predicted octanol–water partition coefficient (Wildman–Crippen LogP) is 3.57. The van der Waals surface area contributed by atoms with Crippen LogP contribution in [0.3, 0.4) is 0 Å². The van der Waals surface area contributed by atoms with E-state index in [0.717, 1.165) is 12.1 Å². The van der Waals surface area contributed by atoms with Crippen LogP contribution in [-0.4, -0.2) is 6.29 Å². The Kier molecular flexibility index (Phi) is 3.14. The van der Waals surface area contributed by atoms with Gasteiger partial charge in [0.2, 0.25) is 0 Å². The SMILES string of the molecule is O=Cc1ccccc1Oc1ccc(F)cc1F. The van der Waals surface area contributed by atoms with Crippen molar-refractivity contribution in [2.24, 2.45) is 0 Å². The molecule has 0 spiro atoms. The van der Waals surface area contributed by atoms with E-state index in [0.29, 0.717) is 11.8 Å². The van der Waals surface area contributed by atoms with Gasteiger partial charge in [-0.1, -0.05) is 12.1 Å². The smallest absolute Gasteiger partial charge is 0.168 e. The fourth-order valence-corrected chi connectivity index (χ4v) is 1.35. The molecule has 86 valence electrons. The van der Waals surface area contributed by atoms with Crippen molar-refractivity contribution in [1.82, 2.24) is 0 Å². The Labute approximate surface area is 96.5 Å². The molecule has 0 saturated heterocycles. The molecule has 0 aromatic heterocycles. The zero-order valence-corrected chi connectivity index (χ0v) is 8.69. The first-order chi connectivity index (χ1) is 8.20. The second-order valence-corrected chi connectivity index (χ2v) is 3.33. The molecule has 2 aromatic carbocycles. The minimum atomic E-state index is -0.814. The van der Waals surface area contributed by atoms with E-state index in [-0.39, 0.29) is 11.5 Å². The maximum atomic E-state index is 13.3. The average molecular weight is 234 g/mol. The standard InChI is InChI=1S/C13H8F2O2/c14-10-5-6-13(11(15)7-10)17-12-4-2-1-3-9(12)8-16/h1-8H. The molecular formula is C13H8F2O2. The van der Waals surface area contributed by atoms with Crippen LogP contribution in [-0.2, 0) is 0 Å². The topological polar surface area (TPSA) is 26.3 Å². The minimum absolute atomic E-state index is 0.124. The van der Waals surface area contributed by atoms with E-state index in [4.69, 9.17) is 4.74 Å². The van der Waals surface area contributed by atoms with Gasteiger partial charge in [-0.2, -0.15) is 0 Å². The highest BCUT2D eigenvalue weighted by atomic mass is 19.1. The van der Waals surface area contributed by atoms with Crippen molar-refractivity contribution < 1.29 is 18.3 Å². The average Bonchev–Trinajstić information content (AvgIpc) is 2.33. The summed E-state index contributed by atoms with van der Waals surface area (Å²) in [4.78, 5) is 10.7. The Hall–Kier alpha value is -2.23. The molecule has 4 heteroatoms. The van der Waals surface area contributed by atoms with E-state index >= 15 is 0 Å². The van der Waals surface area contributed by atoms with E-state index in [2.05, 4.69) is 0 Å². The van der Waals surface area contributed by atoms with Gasteiger partial charge in [0.1, 0.15) is 11.6 Å². The molecule has 0 aliphatic heterocycles.